The van der Waals surface area contributed by atoms with Crippen LogP contribution in [0.25, 0.3) is 0 Å². The number of quaternary nitrogens is 1. The molecule has 8 heteroatoms. The zero-order valence-electron chi connectivity index (χ0n) is 17.1. The lowest BCUT2D eigenvalue weighted by atomic mass is 10.0. The first kappa shape index (κ1) is 22.8. The van der Waals surface area contributed by atoms with Gasteiger partial charge in [0.05, 0.1) is 29.6 Å². The van der Waals surface area contributed by atoms with Crippen LogP contribution < -0.4 is 10.2 Å². The molecule has 158 valence electrons. The first-order chi connectivity index (χ1) is 13.3. The molecule has 0 aliphatic carbocycles. The number of amides is 1. The van der Waals surface area contributed by atoms with Crippen molar-refractivity contribution in [2.45, 2.75) is 57.4 Å². The molecular formula is C20H33FN3O3S+. The van der Waals surface area contributed by atoms with Crippen molar-refractivity contribution in [2.75, 3.05) is 32.7 Å². The van der Waals surface area contributed by atoms with Crippen molar-refractivity contribution in [3.63, 3.8) is 0 Å². The number of hydrogen-bond acceptors (Lipinski definition) is 3. The van der Waals surface area contributed by atoms with E-state index in [1.807, 2.05) is 0 Å². The molecule has 0 saturated carbocycles. The highest BCUT2D eigenvalue weighted by Gasteiger charge is 2.24. The number of piperidine rings is 1. The monoisotopic (exact) mass is 414 g/mol. The Balaban J connectivity index is 1.99. The highest BCUT2D eigenvalue weighted by Crippen LogP contribution is 2.19. The number of carbonyl (C=O) groups is 1. The van der Waals surface area contributed by atoms with Crippen LogP contribution in [0.1, 0.15) is 56.8 Å². The van der Waals surface area contributed by atoms with E-state index in [4.69, 9.17) is 0 Å². The first-order valence-corrected chi connectivity index (χ1v) is 11.7. The molecule has 2 rings (SSSR count). The molecule has 0 spiro atoms. The number of carbonyl (C=O) groups excluding carboxylic acids is 1. The minimum absolute atomic E-state index is 0.0608. The summed E-state index contributed by atoms with van der Waals surface area (Å²) >= 11 is 0. The van der Waals surface area contributed by atoms with Gasteiger partial charge in [-0.15, -0.1) is 0 Å². The van der Waals surface area contributed by atoms with Crippen LogP contribution in [0, 0.1) is 5.82 Å². The molecule has 1 amide bonds. The maximum absolute atomic E-state index is 14.2. The number of halogens is 1. The zero-order valence-corrected chi connectivity index (χ0v) is 17.9. The molecule has 1 aliphatic heterocycles. The minimum Gasteiger partial charge on any atom is -0.352 e. The lowest BCUT2D eigenvalue weighted by Gasteiger charge is -2.30. The number of benzene rings is 1. The molecule has 0 radical (unpaired) electrons. The Bertz CT molecular complexity index is 766. The fourth-order valence-corrected chi connectivity index (χ4v) is 5.27. The molecule has 1 aromatic carbocycles. The summed E-state index contributed by atoms with van der Waals surface area (Å²) in [7, 11) is -3.74. The van der Waals surface area contributed by atoms with Gasteiger partial charge in [0.15, 0.2) is 0 Å². The number of likely N-dealkylation sites (tertiary alicyclic amines) is 1. The van der Waals surface area contributed by atoms with Crippen LogP contribution >= 0.6 is 0 Å². The molecule has 1 aliphatic rings. The molecule has 1 saturated heterocycles. The van der Waals surface area contributed by atoms with Crippen LogP contribution in [0.4, 0.5) is 4.39 Å². The quantitative estimate of drug-likeness (QED) is 0.601. The van der Waals surface area contributed by atoms with Gasteiger partial charge in [-0.05, 0) is 44.4 Å². The molecule has 2 atom stereocenters. The lowest BCUT2D eigenvalue weighted by molar-refractivity contribution is -0.928. The Labute approximate surface area is 168 Å². The summed E-state index contributed by atoms with van der Waals surface area (Å²) in [4.78, 5) is 13.9. The van der Waals surface area contributed by atoms with Crippen molar-refractivity contribution in [1.29, 1.82) is 0 Å². The maximum atomic E-state index is 14.2. The fourth-order valence-electron chi connectivity index (χ4n) is 3.79. The molecule has 1 unspecified atom stereocenters. The van der Waals surface area contributed by atoms with Crippen LogP contribution in [0.15, 0.2) is 23.1 Å². The highest BCUT2D eigenvalue weighted by molar-refractivity contribution is 7.89. The fraction of sp³-hybridized carbons (Fsp3) is 0.650. The summed E-state index contributed by atoms with van der Waals surface area (Å²) in [6, 6.07) is 4.03. The van der Waals surface area contributed by atoms with E-state index in [2.05, 4.69) is 12.2 Å². The molecule has 28 heavy (non-hydrogen) atoms. The SMILES string of the molecule is CCN(CC)S(=O)(=O)c1ccc(F)c(C(=O)NCCC[NH+]2CCCC[C@H]2C)c1. The standard InChI is InChI=1S/C20H32FN3O3S/c1-4-24(5-2)28(26,27)17-10-11-19(21)18(15-17)20(25)22-12-8-14-23-13-7-6-9-16(23)3/h10-11,15-16H,4-9,12-14H2,1-3H3,(H,22,25)/p+1/t16-/m1/s1. The third-order valence-corrected chi connectivity index (χ3v) is 7.61. The average Bonchev–Trinajstić information content (AvgIpc) is 2.67. The van der Waals surface area contributed by atoms with Crippen LogP contribution in [-0.2, 0) is 10.0 Å². The Morgan fingerprint density at radius 2 is 2.00 bits per heavy atom. The van der Waals surface area contributed by atoms with Gasteiger partial charge in [-0.2, -0.15) is 4.31 Å². The van der Waals surface area contributed by atoms with Crippen LogP contribution in [-0.4, -0.2) is 57.4 Å². The summed E-state index contributed by atoms with van der Waals surface area (Å²) in [5, 5.41) is 2.73. The van der Waals surface area contributed by atoms with Gasteiger partial charge >= 0.3 is 0 Å². The van der Waals surface area contributed by atoms with Crippen LogP contribution in [0.5, 0.6) is 0 Å². The second kappa shape index (κ2) is 10.3. The number of hydrogen-bond donors (Lipinski definition) is 2. The van der Waals surface area contributed by atoms with Gasteiger partial charge in [0.1, 0.15) is 5.82 Å². The van der Waals surface area contributed by atoms with E-state index in [1.54, 1.807) is 18.7 Å². The molecule has 0 aromatic heterocycles. The Morgan fingerprint density at radius 1 is 1.29 bits per heavy atom. The van der Waals surface area contributed by atoms with Crippen LogP contribution in [0.2, 0.25) is 0 Å². The van der Waals surface area contributed by atoms with Crippen molar-refractivity contribution >= 4 is 15.9 Å². The largest absolute Gasteiger partial charge is 0.352 e. The predicted molar refractivity (Wildman–Crippen MR) is 107 cm³/mol. The molecule has 1 heterocycles. The minimum atomic E-state index is -3.74. The van der Waals surface area contributed by atoms with Gasteiger partial charge in [-0.25, -0.2) is 12.8 Å². The zero-order chi connectivity index (χ0) is 20.7. The summed E-state index contributed by atoms with van der Waals surface area (Å²) in [5.74, 6) is -1.29. The van der Waals surface area contributed by atoms with Crippen molar-refractivity contribution in [2.24, 2.45) is 0 Å². The molecular weight excluding hydrogens is 381 g/mol. The maximum Gasteiger partial charge on any atom is 0.254 e. The molecule has 2 N–H and O–H groups in total. The van der Waals surface area contributed by atoms with E-state index >= 15 is 0 Å². The topological polar surface area (TPSA) is 70.9 Å². The Hall–Kier alpha value is -1.51. The first-order valence-electron chi connectivity index (χ1n) is 10.2. The van der Waals surface area contributed by atoms with E-state index in [1.165, 1.54) is 29.6 Å². The summed E-state index contributed by atoms with van der Waals surface area (Å²) < 4.78 is 40.7. The highest BCUT2D eigenvalue weighted by atomic mass is 32.2. The molecule has 1 aromatic rings. The average molecular weight is 415 g/mol. The van der Waals surface area contributed by atoms with Crippen molar-refractivity contribution in [3.05, 3.63) is 29.6 Å². The third kappa shape index (κ3) is 5.52. The van der Waals surface area contributed by atoms with Crippen molar-refractivity contribution in [1.82, 2.24) is 9.62 Å². The van der Waals surface area contributed by atoms with E-state index in [0.717, 1.165) is 31.6 Å². The Kier molecular flexibility index (Phi) is 8.39. The van der Waals surface area contributed by atoms with Crippen molar-refractivity contribution < 1.29 is 22.5 Å². The number of nitrogens with zero attached hydrogens (tertiary/aromatic N) is 1. The van der Waals surface area contributed by atoms with E-state index < -0.39 is 21.7 Å². The van der Waals surface area contributed by atoms with E-state index in [0.29, 0.717) is 25.7 Å². The van der Waals surface area contributed by atoms with Gasteiger partial charge < -0.3 is 10.2 Å². The molecule has 0 bridgehead atoms. The van der Waals surface area contributed by atoms with Gasteiger partial charge in [-0.3, -0.25) is 4.79 Å². The number of rotatable bonds is 9. The predicted octanol–water partition coefficient (Wildman–Crippen LogP) is 1.43. The molecule has 1 fully saturated rings. The van der Waals surface area contributed by atoms with Gasteiger partial charge in [0, 0.05) is 26.1 Å². The normalized spacial score (nSPS) is 20.3. The number of sulfonamides is 1. The van der Waals surface area contributed by atoms with Gasteiger partial charge in [-0.1, -0.05) is 13.8 Å². The number of nitrogens with one attached hydrogen (secondary N) is 2. The summed E-state index contributed by atoms with van der Waals surface area (Å²) in [6.45, 7) is 8.94. The van der Waals surface area contributed by atoms with Crippen molar-refractivity contribution in [3.8, 4) is 0 Å². The Morgan fingerprint density at radius 3 is 2.64 bits per heavy atom. The third-order valence-electron chi connectivity index (χ3n) is 5.57. The van der Waals surface area contributed by atoms with E-state index in [9.17, 15) is 17.6 Å². The summed E-state index contributed by atoms with van der Waals surface area (Å²) in [5.41, 5.74) is -0.230. The second-order valence-electron chi connectivity index (χ2n) is 7.40. The lowest BCUT2D eigenvalue weighted by Crippen LogP contribution is -3.16. The van der Waals surface area contributed by atoms with Gasteiger partial charge in [0.25, 0.3) is 5.91 Å². The van der Waals surface area contributed by atoms with Gasteiger partial charge in [0.2, 0.25) is 10.0 Å². The smallest absolute Gasteiger partial charge is 0.254 e. The van der Waals surface area contributed by atoms with E-state index in [-0.39, 0.29) is 10.5 Å². The second-order valence-corrected chi connectivity index (χ2v) is 9.33. The van der Waals surface area contributed by atoms with Crippen LogP contribution in [0.3, 0.4) is 0 Å². The molecule has 6 nitrogen and oxygen atoms in total. The summed E-state index contributed by atoms with van der Waals surface area (Å²) in [6.07, 6.45) is 4.57.